The van der Waals surface area contributed by atoms with E-state index in [1.165, 1.54) is 0 Å². The first-order valence-corrected chi connectivity index (χ1v) is 14.2. The van der Waals surface area contributed by atoms with Crippen LogP contribution in [0.2, 0.25) is 10.0 Å². The van der Waals surface area contributed by atoms with Crippen molar-refractivity contribution in [1.82, 2.24) is 20.0 Å². The second-order valence-electron chi connectivity index (χ2n) is 10.0. The molecule has 2 saturated heterocycles. The first-order chi connectivity index (χ1) is 17.3. The van der Waals surface area contributed by atoms with Crippen molar-refractivity contribution >= 4 is 63.5 Å². The topological polar surface area (TPSA) is 55.9 Å². The van der Waals surface area contributed by atoms with E-state index in [1.807, 2.05) is 47.2 Å². The molecule has 0 spiro atoms. The van der Waals surface area contributed by atoms with Gasteiger partial charge >= 0.3 is 6.03 Å². The molecule has 200 valence electrons. The number of carbonyl (C=O) groups excluding carboxylic acids is 2. The molecule has 3 aliphatic rings. The van der Waals surface area contributed by atoms with Crippen LogP contribution in [0.25, 0.3) is 0 Å². The van der Waals surface area contributed by atoms with E-state index in [-0.39, 0.29) is 36.3 Å². The lowest BCUT2D eigenvalue weighted by Crippen LogP contribution is -2.54. The van der Waals surface area contributed by atoms with Crippen LogP contribution in [0.1, 0.15) is 59.1 Å². The van der Waals surface area contributed by atoms with Crippen molar-refractivity contribution in [3.63, 3.8) is 0 Å². The van der Waals surface area contributed by atoms with E-state index in [0.717, 1.165) is 79.6 Å². The largest absolute Gasteiger partial charge is 0.338 e. The van der Waals surface area contributed by atoms with E-state index < -0.39 is 0 Å². The Kier molecular flexibility index (Phi) is 9.34. The highest BCUT2D eigenvalue weighted by Gasteiger charge is 2.40. The first-order valence-electron chi connectivity index (χ1n) is 12.6. The maximum atomic E-state index is 13.1. The number of nitrogens with zero attached hydrogens (tertiary/aromatic N) is 3. The summed E-state index contributed by atoms with van der Waals surface area (Å²) in [6, 6.07) is 12.1. The smallest absolute Gasteiger partial charge is 0.317 e. The van der Waals surface area contributed by atoms with Gasteiger partial charge in [0.25, 0.3) is 5.91 Å². The third kappa shape index (κ3) is 5.91. The molecular weight excluding hydrogens is 599 g/mol. The maximum Gasteiger partial charge on any atom is 0.317 e. The SMILES string of the molecule is CN1C(=O)c2cc(Br)ccc2C1C(CCN1CCC(N2CCCNC2=O)CC1)c1ccc(Cl)c(Cl)c1.Cl. The number of benzene rings is 2. The van der Waals surface area contributed by atoms with Gasteiger partial charge < -0.3 is 20.0 Å². The van der Waals surface area contributed by atoms with Gasteiger partial charge in [-0.1, -0.05) is 51.3 Å². The summed E-state index contributed by atoms with van der Waals surface area (Å²) in [5.41, 5.74) is 2.89. The van der Waals surface area contributed by atoms with Gasteiger partial charge in [0.1, 0.15) is 0 Å². The van der Waals surface area contributed by atoms with Crippen molar-refractivity contribution in [2.24, 2.45) is 0 Å². The number of piperidine rings is 1. The minimum absolute atomic E-state index is 0. The lowest BCUT2D eigenvalue weighted by atomic mass is 9.84. The third-order valence-electron chi connectivity index (χ3n) is 7.92. The fourth-order valence-electron chi connectivity index (χ4n) is 6.01. The van der Waals surface area contributed by atoms with Crippen LogP contribution in [0.4, 0.5) is 4.79 Å². The van der Waals surface area contributed by atoms with Gasteiger partial charge in [0.15, 0.2) is 0 Å². The molecule has 2 atom stereocenters. The van der Waals surface area contributed by atoms with Gasteiger partial charge in [0, 0.05) is 55.2 Å². The second kappa shape index (κ2) is 12.1. The normalized spacial score (nSPS) is 21.5. The van der Waals surface area contributed by atoms with Crippen LogP contribution in [-0.4, -0.2) is 72.5 Å². The van der Waals surface area contributed by atoms with Crippen LogP contribution < -0.4 is 5.32 Å². The molecule has 3 aliphatic heterocycles. The monoisotopic (exact) mass is 628 g/mol. The Hall–Kier alpha value is -1.51. The molecule has 0 bridgehead atoms. The molecule has 37 heavy (non-hydrogen) atoms. The molecule has 2 fully saturated rings. The molecule has 3 amide bonds. The Morgan fingerprint density at radius 2 is 1.81 bits per heavy atom. The van der Waals surface area contributed by atoms with E-state index in [0.29, 0.717) is 16.1 Å². The lowest BCUT2D eigenvalue weighted by molar-refractivity contribution is 0.0740. The van der Waals surface area contributed by atoms with Crippen molar-refractivity contribution in [3.8, 4) is 0 Å². The summed E-state index contributed by atoms with van der Waals surface area (Å²) in [7, 11) is 1.89. The van der Waals surface area contributed by atoms with Crippen molar-refractivity contribution in [2.75, 3.05) is 39.8 Å². The van der Waals surface area contributed by atoms with Crippen LogP contribution >= 0.6 is 51.5 Å². The minimum atomic E-state index is -0.0765. The highest BCUT2D eigenvalue weighted by Crippen LogP contribution is 2.45. The molecule has 2 aromatic rings. The van der Waals surface area contributed by atoms with E-state index in [2.05, 4.69) is 32.2 Å². The average molecular weight is 631 g/mol. The second-order valence-corrected chi connectivity index (χ2v) is 11.7. The van der Waals surface area contributed by atoms with Gasteiger partial charge in [0.2, 0.25) is 0 Å². The Morgan fingerprint density at radius 1 is 1.05 bits per heavy atom. The fraction of sp³-hybridized carbons (Fsp3) is 0.481. The van der Waals surface area contributed by atoms with Crippen LogP contribution in [-0.2, 0) is 0 Å². The standard InChI is InChI=1S/C27H31BrCl2N4O2.ClH/c1-32-25(21-5-4-18(28)16-22(21)26(32)35)20(17-3-6-23(29)24(30)15-17)9-14-33-12-7-19(8-13-33)34-11-2-10-31-27(34)36;/h3-6,15-16,19-20,25H,2,7-14H2,1H3,(H,31,36);1H. The maximum absolute atomic E-state index is 13.1. The number of hydrogen-bond acceptors (Lipinski definition) is 3. The number of nitrogens with one attached hydrogen (secondary N) is 1. The van der Waals surface area contributed by atoms with Gasteiger partial charge in [-0.3, -0.25) is 4.79 Å². The van der Waals surface area contributed by atoms with E-state index in [4.69, 9.17) is 23.2 Å². The highest BCUT2D eigenvalue weighted by molar-refractivity contribution is 9.10. The molecule has 5 rings (SSSR count). The zero-order chi connectivity index (χ0) is 25.4. The van der Waals surface area contributed by atoms with Crippen LogP contribution in [0.15, 0.2) is 40.9 Å². The zero-order valence-corrected chi connectivity index (χ0v) is 24.7. The minimum Gasteiger partial charge on any atom is -0.338 e. The molecule has 2 aromatic carbocycles. The first kappa shape index (κ1) is 28.5. The van der Waals surface area contributed by atoms with Gasteiger partial charge in [-0.15, -0.1) is 12.4 Å². The van der Waals surface area contributed by atoms with Crippen molar-refractivity contribution in [3.05, 3.63) is 67.6 Å². The summed E-state index contributed by atoms with van der Waals surface area (Å²) in [6.07, 6.45) is 3.88. The van der Waals surface area contributed by atoms with E-state index in [1.54, 1.807) is 0 Å². The number of rotatable bonds is 6. The highest BCUT2D eigenvalue weighted by atomic mass is 79.9. The van der Waals surface area contributed by atoms with E-state index in [9.17, 15) is 9.59 Å². The van der Waals surface area contributed by atoms with Crippen LogP contribution in [0, 0.1) is 0 Å². The summed E-state index contributed by atoms with van der Waals surface area (Å²) in [5, 5.41) is 4.04. The lowest BCUT2D eigenvalue weighted by Gasteiger charge is -2.40. The predicted octanol–water partition coefficient (Wildman–Crippen LogP) is 6.36. The molecule has 3 heterocycles. The zero-order valence-electron chi connectivity index (χ0n) is 20.8. The number of likely N-dealkylation sites (tertiary alicyclic amines) is 1. The number of likely N-dealkylation sites (N-methyl/N-ethyl adjacent to an activating group) is 1. The van der Waals surface area contributed by atoms with Crippen molar-refractivity contribution in [2.45, 2.75) is 43.7 Å². The molecule has 6 nitrogen and oxygen atoms in total. The molecule has 0 aromatic heterocycles. The Labute approximate surface area is 243 Å². The van der Waals surface area contributed by atoms with Gasteiger partial charge in [-0.05, 0) is 67.6 Å². The van der Waals surface area contributed by atoms with E-state index >= 15 is 0 Å². The number of urea groups is 1. The summed E-state index contributed by atoms with van der Waals surface area (Å²) in [5.74, 6) is 0.115. The molecule has 10 heteroatoms. The number of hydrogen-bond donors (Lipinski definition) is 1. The number of halogens is 4. The molecular formula is C27H32BrCl3N4O2. The van der Waals surface area contributed by atoms with Gasteiger partial charge in [0.05, 0.1) is 16.1 Å². The molecule has 0 radical (unpaired) electrons. The van der Waals surface area contributed by atoms with Crippen LogP contribution in [0.5, 0.6) is 0 Å². The fourth-order valence-corrected chi connectivity index (χ4v) is 6.67. The van der Waals surface area contributed by atoms with Crippen LogP contribution in [0.3, 0.4) is 0 Å². The average Bonchev–Trinajstić information content (AvgIpc) is 3.12. The van der Waals surface area contributed by atoms with Crippen molar-refractivity contribution in [1.29, 1.82) is 0 Å². The Morgan fingerprint density at radius 3 is 2.51 bits per heavy atom. The summed E-state index contributed by atoms with van der Waals surface area (Å²) >= 11 is 16.2. The Bertz CT molecular complexity index is 1160. The number of carbonyl (C=O) groups is 2. The van der Waals surface area contributed by atoms with Gasteiger partial charge in [-0.25, -0.2) is 4.79 Å². The summed E-state index contributed by atoms with van der Waals surface area (Å²) in [4.78, 5) is 31.8. The third-order valence-corrected chi connectivity index (χ3v) is 9.15. The summed E-state index contributed by atoms with van der Waals surface area (Å²) in [6.45, 7) is 4.47. The predicted molar refractivity (Wildman–Crippen MR) is 154 cm³/mol. The summed E-state index contributed by atoms with van der Waals surface area (Å²) < 4.78 is 0.903. The molecule has 0 aliphatic carbocycles. The quantitative estimate of drug-likeness (QED) is 0.405. The van der Waals surface area contributed by atoms with Gasteiger partial charge in [-0.2, -0.15) is 0 Å². The molecule has 2 unspecified atom stereocenters. The molecule has 0 saturated carbocycles. The number of fused-ring (bicyclic) bond motifs is 1. The Balaban J connectivity index is 0.00000320. The molecule has 1 N–H and O–H groups in total. The number of amides is 3. The van der Waals surface area contributed by atoms with Crippen molar-refractivity contribution < 1.29 is 9.59 Å².